The number of anilines is 2. The van der Waals surface area contributed by atoms with E-state index in [-0.39, 0.29) is 24.8 Å². The third-order valence-electron chi connectivity index (χ3n) is 4.46. The van der Waals surface area contributed by atoms with Gasteiger partial charge in [0.2, 0.25) is 17.7 Å². The summed E-state index contributed by atoms with van der Waals surface area (Å²) in [5, 5.41) is 6.21. The van der Waals surface area contributed by atoms with Gasteiger partial charge < -0.3 is 16.4 Å². The van der Waals surface area contributed by atoms with Crippen LogP contribution >= 0.6 is 11.6 Å². The van der Waals surface area contributed by atoms with Gasteiger partial charge in [-0.25, -0.2) is 0 Å². The lowest BCUT2D eigenvalue weighted by atomic mass is 10.2. The smallest absolute Gasteiger partial charge is 0.248 e. The van der Waals surface area contributed by atoms with Gasteiger partial charge in [-0.15, -0.1) is 0 Å². The summed E-state index contributed by atoms with van der Waals surface area (Å²) >= 11 is 6.08. The van der Waals surface area contributed by atoms with Crippen molar-refractivity contribution in [2.75, 3.05) is 30.3 Å². The molecule has 0 spiro atoms. The summed E-state index contributed by atoms with van der Waals surface area (Å²) in [6.07, 6.45) is 0.231. The Morgan fingerprint density at radius 1 is 1.03 bits per heavy atom. The number of nitrogens with one attached hydrogen (secondary N) is 2. The molecule has 0 unspecified atom stereocenters. The first-order chi connectivity index (χ1) is 13.8. The topological polar surface area (TPSA) is 105 Å². The van der Waals surface area contributed by atoms with Crippen molar-refractivity contribution in [1.82, 2.24) is 4.90 Å². The van der Waals surface area contributed by atoms with E-state index >= 15 is 0 Å². The number of benzene rings is 2. The maximum atomic E-state index is 12.3. The molecule has 0 aliphatic heterocycles. The molecule has 0 radical (unpaired) electrons. The summed E-state index contributed by atoms with van der Waals surface area (Å²) in [6, 6.07) is 11.7. The van der Waals surface area contributed by atoms with Crippen molar-refractivity contribution >= 4 is 40.7 Å². The lowest BCUT2D eigenvalue weighted by Gasteiger charge is -2.20. The van der Waals surface area contributed by atoms with E-state index in [1.807, 2.05) is 18.7 Å². The van der Waals surface area contributed by atoms with Gasteiger partial charge in [0.05, 0.1) is 6.54 Å². The van der Waals surface area contributed by atoms with Crippen LogP contribution in [0.15, 0.2) is 42.5 Å². The molecule has 2 rings (SSSR count). The second-order valence-corrected chi connectivity index (χ2v) is 6.98. The molecule has 0 saturated heterocycles. The van der Waals surface area contributed by atoms with E-state index in [0.29, 0.717) is 35.1 Å². The van der Waals surface area contributed by atoms with E-state index < -0.39 is 5.91 Å². The quantitative estimate of drug-likeness (QED) is 0.584. The van der Waals surface area contributed by atoms with Crippen LogP contribution in [0.5, 0.6) is 0 Å². The van der Waals surface area contributed by atoms with Crippen LogP contribution in [0.2, 0.25) is 5.02 Å². The maximum Gasteiger partial charge on any atom is 0.248 e. The van der Waals surface area contributed by atoms with Crippen molar-refractivity contribution in [3.05, 3.63) is 58.6 Å². The highest BCUT2D eigenvalue weighted by Gasteiger charge is 2.13. The fraction of sp³-hybridized carbons (Fsp3) is 0.286. The molecule has 0 saturated carbocycles. The van der Waals surface area contributed by atoms with Crippen molar-refractivity contribution in [3.63, 3.8) is 0 Å². The summed E-state index contributed by atoms with van der Waals surface area (Å²) in [5.41, 5.74) is 7.64. The molecule has 0 fully saturated rings. The number of carbonyl (C=O) groups excluding carboxylic acids is 3. The van der Waals surface area contributed by atoms with E-state index in [0.717, 1.165) is 5.56 Å². The molecular formula is C21H25ClN4O3. The zero-order chi connectivity index (χ0) is 21.4. The van der Waals surface area contributed by atoms with Crippen molar-refractivity contribution in [3.8, 4) is 0 Å². The predicted molar refractivity (Wildman–Crippen MR) is 115 cm³/mol. The average Bonchev–Trinajstić information content (AvgIpc) is 2.69. The fourth-order valence-electron chi connectivity index (χ4n) is 2.69. The first-order valence-corrected chi connectivity index (χ1v) is 9.65. The van der Waals surface area contributed by atoms with Gasteiger partial charge in [0.15, 0.2) is 0 Å². The summed E-state index contributed by atoms with van der Waals surface area (Å²) in [7, 11) is 0. The van der Waals surface area contributed by atoms with Crippen LogP contribution < -0.4 is 16.4 Å². The van der Waals surface area contributed by atoms with Gasteiger partial charge in [-0.1, -0.05) is 24.6 Å². The lowest BCUT2D eigenvalue weighted by Crippen LogP contribution is -2.35. The zero-order valence-electron chi connectivity index (χ0n) is 16.5. The molecule has 0 bridgehead atoms. The summed E-state index contributed by atoms with van der Waals surface area (Å²) in [6.45, 7) is 5.00. The molecular weight excluding hydrogens is 392 g/mol. The SMILES string of the molecule is CCN(CCC(=O)Nc1ccc(C(N)=O)cc1)CC(=O)Nc1cccc(Cl)c1C. The van der Waals surface area contributed by atoms with E-state index in [1.54, 1.807) is 42.5 Å². The molecule has 0 atom stereocenters. The number of hydrogen-bond acceptors (Lipinski definition) is 4. The molecule has 0 aliphatic carbocycles. The third kappa shape index (κ3) is 6.89. The average molecular weight is 417 g/mol. The van der Waals surface area contributed by atoms with Gasteiger partial charge in [0, 0.05) is 34.9 Å². The Bertz CT molecular complexity index is 884. The first-order valence-electron chi connectivity index (χ1n) is 9.27. The lowest BCUT2D eigenvalue weighted by molar-refractivity contribution is -0.119. The van der Waals surface area contributed by atoms with Crippen LogP contribution in [0.25, 0.3) is 0 Å². The Morgan fingerprint density at radius 3 is 2.34 bits per heavy atom. The standard InChI is InChI=1S/C21H25ClN4O3/c1-3-26(13-20(28)25-18-6-4-5-17(22)14(18)2)12-11-19(27)24-16-9-7-15(8-10-16)21(23)29/h4-10H,3,11-13H2,1-2H3,(H2,23,29)(H,24,27)(H,25,28). The summed E-state index contributed by atoms with van der Waals surface area (Å²) < 4.78 is 0. The minimum absolute atomic E-state index is 0.167. The Kier molecular flexibility index (Phi) is 8.18. The second kappa shape index (κ2) is 10.6. The van der Waals surface area contributed by atoms with E-state index in [9.17, 15) is 14.4 Å². The number of amides is 3. The molecule has 3 amide bonds. The number of nitrogens with two attached hydrogens (primary N) is 1. The number of rotatable bonds is 9. The molecule has 154 valence electrons. The fourth-order valence-corrected chi connectivity index (χ4v) is 2.86. The molecule has 8 heteroatoms. The number of hydrogen-bond donors (Lipinski definition) is 3. The number of carbonyl (C=O) groups is 3. The Hall–Kier alpha value is -2.90. The molecule has 0 aliphatic rings. The third-order valence-corrected chi connectivity index (χ3v) is 4.87. The number of primary amides is 1. The van der Waals surface area contributed by atoms with Gasteiger partial charge in [-0.2, -0.15) is 0 Å². The van der Waals surface area contributed by atoms with E-state index in [2.05, 4.69) is 10.6 Å². The predicted octanol–water partition coefficient (Wildman–Crippen LogP) is 3.04. The minimum atomic E-state index is -0.521. The largest absolute Gasteiger partial charge is 0.366 e. The molecule has 2 aromatic rings. The van der Waals surface area contributed by atoms with Gasteiger partial charge in [-0.3, -0.25) is 19.3 Å². The Balaban J connectivity index is 1.82. The van der Waals surface area contributed by atoms with Crippen LogP contribution in [0, 0.1) is 6.92 Å². The van der Waals surface area contributed by atoms with Crippen LogP contribution in [-0.4, -0.2) is 42.3 Å². The molecule has 7 nitrogen and oxygen atoms in total. The molecule has 29 heavy (non-hydrogen) atoms. The van der Waals surface area contributed by atoms with Crippen molar-refractivity contribution in [1.29, 1.82) is 0 Å². The summed E-state index contributed by atoms with van der Waals surface area (Å²) in [4.78, 5) is 37.5. The summed E-state index contributed by atoms with van der Waals surface area (Å²) in [5.74, 6) is -0.867. The van der Waals surface area contributed by atoms with Gasteiger partial charge in [-0.05, 0) is 55.4 Å². The first kappa shape index (κ1) is 22.4. The van der Waals surface area contributed by atoms with Crippen LogP contribution in [0.1, 0.15) is 29.3 Å². The van der Waals surface area contributed by atoms with Crippen LogP contribution in [0.4, 0.5) is 11.4 Å². The van der Waals surface area contributed by atoms with Crippen molar-refractivity contribution in [2.24, 2.45) is 5.73 Å². The van der Waals surface area contributed by atoms with Crippen LogP contribution in [-0.2, 0) is 9.59 Å². The second-order valence-electron chi connectivity index (χ2n) is 6.57. The number of nitrogens with zero attached hydrogens (tertiary/aromatic N) is 1. The van der Waals surface area contributed by atoms with Crippen LogP contribution in [0.3, 0.4) is 0 Å². The maximum absolute atomic E-state index is 12.3. The minimum Gasteiger partial charge on any atom is -0.366 e. The highest BCUT2D eigenvalue weighted by molar-refractivity contribution is 6.31. The Labute approximate surface area is 175 Å². The molecule has 4 N–H and O–H groups in total. The molecule has 0 heterocycles. The van der Waals surface area contributed by atoms with E-state index in [1.165, 1.54) is 0 Å². The highest BCUT2D eigenvalue weighted by atomic mass is 35.5. The molecule has 0 aromatic heterocycles. The Morgan fingerprint density at radius 2 is 1.72 bits per heavy atom. The number of halogens is 1. The van der Waals surface area contributed by atoms with Gasteiger partial charge in [0.25, 0.3) is 0 Å². The van der Waals surface area contributed by atoms with Gasteiger partial charge in [0.1, 0.15) is 0 Å². The van der Waals surface area contributed by atoms with Crippen molar-refractivity contribution < 1.29 is 14.4 Å². The highest BCUT2D eigenvalue weighted by Crippen LogP contribution is 2.22. The monoisotopic (exact) mass is 416 g/mol. The van der Waals surface area contributed by atoms with E-state index in [4.69, 9.17) is 17.3 Å². The molecule has 2 aromatic carbocycles. The van der Waals surface area contributed by atoms with Crippen molar-refractivity contribution in [2.45, 2.75) is 20.3 Å². The van der Waals surface area contributed by atoms with Gasteiger partial charge >= 0.3 is 0 Å². The number of likely N-dealkylation sites (N-methyl/N-ethyl adjacent to an activating group) is 1. The zero-order valence-corrected chi connectivity index (χ0v) is 17.3. The normalized spacial score (nSPS) is 10.6.